The number of hydrogen-bond acceptors (Lipinski definition) is 5. The summed E-state index contributed by atoms with van der Waals surface area (Å²) >= 11 is 0. The summed E-state index contributed by atoms with van der Waals surface area (Å²) in [4.78, 5) is 28.4. The van der Waals surface area contributed by atoms with E-state index in [-0.39, 0.29) is 12.5 Å². The van der Waals surface area contributed by atoms with E-state index in [1.54, 1.807) is 12.1 Å². The molecule has 1 N–H and O–H groups in total. The van der Waals surface area contributed by atoms with Crippen LogP contribution in [0.4, 0.5) is 5.69 Å². The van der Waals surface area contributed by atoms with Gasteiger partial charge in [0.25, 0.3) is 5.91 Å². The SMILES string of the molecule is COCC1(C(=O)O)CCCN1C(=O)c1ccc(N2CCOCC2)cc1. The number of benzene rings is 1. The minimum atomic E-state index is -1.27. The van der Waals surface area contributed by atoms with Crippen LogP contribution in [0.1, 0.15) is 23.2 Å². The molecule has 2 fully saturated rings. The Labute approximate surface area is 147 Å². The largest absolute Gasteiger partial charge is 0.479 e. The van der Waals surface area contributed by atoms with Crippen molar-refractivity contribution in [3.8, 4) is 0 Å². The molecule has 1 amide bonds. The molecule has 7 heteroatoms. The summed E-state index contributed by atoms with van der Waals surface area (Å²) in [6.45, 7) is 3.49. The highest BCUT2D eigenvalue weighted by Crippen LogP contribution is 2.32. The van der Waals surface area contributed by atoms with Gasteiger partial charge in [0.15, 0.2) is 5.54 Å². The number of anilines is 1. The molecule has 136 valence electrons. The van der Waals surface area contributed by atoms with Gasteiger partial charge in [-0.3, -0.25) is 4.79 Å². The van der Waals surface area contributed by atoms with Gasteiger partial charge in [0.05, 0.1) is 19.8 Å². The van der Waals surface area contributed by atoms with Crippen LogP contribution in [0.15, 0.2) is 24.3 Å². The third kappa shape index (κ3) is 3.34. The maximum absolute atomic E-state index is 12.9. The van der Waals surface area contributed by atoms with Crippen LogP contribution in [0, 0.1) is 0 Å². The van der Waals surface area contributed by atoms with E-state index in [0.29, 0.717) is 38.2 Å². The van der Waals surface area contributed by atoms with E-state index in [1.807, 2.05) is 12.1 Å². The van der Waals surface area contributed by atoms with Gasteiger partial charge >= 0.3 is 5.97 Å². The molecule has 1 unspecified atom stereocenters. The number of hydrogen-bond donors (Lipinski definition) is 1. The number of carboxylic acids is 1. The molecule has 0 saturated carbocycles. The molecule has 2 aliphatic heterocycles. The number of carbonyl (C=O) groups is 2. The molecule has 25 heavy (non-hydrogen) atoms. The zero-order chi connectivity index (χ0) is 17.9. The molecule has 3 rings (SSSR count). The van der Waals surface area contributed by atoms with Crippen LogP contribution in [0.5, 0.6) is 0 Å². The van der Waals surface area contributed by atoms with Gasteiger partial charge in [-0.2, -0.15) is 0 Å². The highest BCUT2D eigenvalue weighted by atomic mass is 16.5. The Bertz CT molecular complexity index is 627. The highest BCUT2D eigenvalue weighted by Gasteiger charge is 2.50. The molecule has 0 bridgehead atoms. The second-order valence-corrected chi connectivity index (χ2v) is 6.48. The van der Waals surface area contributed by atoms with Crippen LogP contribution in [-0.4, -0.2) is 74.0 Å². The lowest BCUT2D eigenvalue weighted by Gasteiger charge is -2.34. The van der Waals surface area contributed by atoms with Crippen molar-refractivity contribution in [2.45, 2.75) is 18.4 Å². The molecule has 1 aromatic rings. The molecule has 0 spiro atoms. The number of carbonyl (C=O) groups excluding carboxylic acids is 1. The molecular weight excluding hydrogens is 324 g/mol. The molecule has 2 saturated heterocycles. The predicted molar refractivity (Wildman–Crippen MR) is 92.0 cm³/mol. The number of methoxy groups -OCH3 is 1. The van der Waals surface area contributed by atoms with E-state index in [4.69, 9.17) is 9.47 Å². The Hall–Kier alpha value is -2.12. The monoisotopic (exact) mass is 348 g/mol. The first-order valence-electron chi connectivity index (χ1n) is 8.55. The summed E-state index contributed by atoms with van der Waals surface area (Å²) in [5.41, 5.74) is 0.276. The fourth-order valence-corrected chi connectivity index (χ4v) is 3.64. The average Bonchev–Trinajstić information content (AvgIpc) is 3.07. The Morgan fingerprint density at radius 3 is 2.48 bits per heavy atom. The van der Waals surface area contributed by atoms with E-state index in [9.17, 15) is 14.7 Å². The molecule has 0 aliphatic carbocycles. The molecule has 1 aromatic carbocycles. The normalized spacial score (nSPS) is 23.7. The molecule has 0 aromatic heterocycles. The lowest BCUT2D eigenvalue weighted by atomic mass is 9.96. The first-order valence-corrected chi connectivity index (χ1v) is 8.55. The minimum Gasteiger partial charge on any atom is -0.479 e. The summed E-state index contributed by atoms with van der Waals surface area (Å²) in [5.74, 6) is -1.27. The second-order valence-electron chi connectivity index (χ2n) is 6.48. The molecule has 7 nitrogen and oxygen atoms in total. The number of likely N-dealkylation sites (tertiary alicyclic amines) is 1. The van der Waals surface area contributed by atoms with Crippen molar-refractivity contribution in [2.24, 2.45) is 0 Å². The standard InChI is InChI=1S/C18H24N2O5/c1-24-13-18(17(22)23)7-2-8-20(18)16(21)14-3-5-15(6-4-14)19-9-11-25-12-10-19/h3-6H,2,7-13H2,1H3,(H,22,23). The van der Waals surface area contributed by atoms with Crippen LogP contribution >= 0.6 is 0 Å². The van der Waals surface area contributed by atoms with Crippen LogP contribution in [0.3, 0.4) is 0 Å². The van der Waals surface area contributed by atoms with Gasteiger partial charge in [-0.25, -0.2) is 4.79 Å². The van der Waals surface area contributed by atoms with Crippen molar-refractivity contribution in [1.82, 2.24) is 4.90 Å². The van der Waals surface area contributed by atoms with E-state index in [1.165, 1.54) is 12.0 Å². The van der Waals surface area contributed by atoms with Crippen LogP contribution in [0.25, 0.3) is 0 Å². The van der Waals surface area contributed by atoms with Crippen LogP contribution in [0.2, 0.25) is 0 Å². The Morgan fingerprint density at radius 2 is 1.88 bits per heavy atom. The van der Waals surface area contributed by atoms with Crippen LogP contribution < -0.4 is 4.90 Å². The number of aliphatic carboxylic acids is 1. The number of morpholine rings is 1. The maximum atomic E-state index is 12.9. The van der Waals surface area contributed by atoms with Gasteiger partial charge in [-0.1, -0.05) is 0 Å². The summed E-state index contributed by atoms with van der Waals surface area (Å²) in [6, 6.07) is 7.36. The predicted octanol–water partition coefficient (Wildman–Crippen LogP) is 1.23. The van der Waals surface area contributed by atoms with Crippen molar-refractivity contribution in [1.29, 1.82) is 0 Å². The first-order chi connectivity index (χ1) is 12.1. The van der Waals surface area contributed by atoms with Crippen molar-refractivity contribution >= 4 is 17.6 Å². The van der Waals surface area contributed by atoms with Crippen LogP contribution in [-0.2, 0) is 14.3 Å². The summed E-state index contributed by atoms with van der Waals surface area (Å²) < 4.78 is 10.5. The number of nitrogens with zero attached hydrogens (tertiary/aromatic N) is 2. The Kier molecular flexibility index (Phi) is 5.24. The molecule has 2 heterocycles. The third-order valence-electron chi connectivity index (χ3n) is 5.01. The lowest BCUT2D eigenvalue weighted by Crippen LogP contribution is -2.56. The third-order valence-corrected chi connectivity index (χ3v) is 5.01. The number of amides is 1. The van der Waals surface area contributed by atoms with Gasteiger partial charge in [-0.05, 0) is 37.1 Å². The molecule has 2 aliphatic rings. The number of ether oxygens (including phenoxy) is 2. The van der Waals surface area contributed by atoms with Crippen molar-refractivity contribution < 1.29 is 24.2 Å². The molecular formula is C18H24N2O5. The van der Waals surface area contributed by atoms with Gasteiger partial charge in [0, 0.05) is 38.0 Å². The van der Waals surface area contributed by atoms with Crippen molar-refractivity contribution in [3.05, 3.63) is 29.8 Å². The summed E-state index contributed by atoms with van der Waals surface area (Å²) in [5, 5.41) is 9.68. The fraction of sp³-hybridized carbons (Fsp3) is 0.556. The smallest absolute Gasteiger partial charge is 0.332 e. The van der Waals surface area contributed by atoms with Gasteiger partial charge in [0.2, 0.25) is 0 Å². The highest BCUT2D eigenvalue weighted by molar-refractivity contribution is 5.98. The zero-order valence-corrected chi connectivity index (χ0v) is 14.4. The quantitative estimate of drug-likeness (QED) is 0.862. The number of carboxylic acid groups (broad SMARTS) is 1. The summed E-state index contributed by atoms with van der Waals surface area (Å²) in [7, 11) is 1.46. The van der Waals surface area contributed by atoms with Crippen molar-refractivity contribution in [3.63, 3.8) is 0 Å². The van der Waals surface area contributed by atoms with Crippen molar-refractivity contribution in [2.75, 3.05) is 51.5 Å². The Morgan fingerprint density at radius 1 is 1.20 bits per heavy atom. The lowest BCUT2D eigenvalue weighted by molar-refractivity contribution is -0.151. The summed E-state index contributed by atoms with van der Waals surface area (Å²) in [6.07, 6.45) is 1.07. The van der Waals surface area contributed by atoms with E-state index in [2.05, 4.69) is 4.90 Å². The van der Waals surface area contributed by atoms with E-state index in [0.717, 1.165) is 18.8 Å². The second kappa shape index (κ2) is 7.41. The Balaban J connectivity index is 1.78. The van der Waals surface area contributed by atoms with Gasteiger partial charge in [-0.15, -0.1) is 0 Å². The zero-order valence-electron chi connectivity index (χ0n) is 14.4. The maximum Gasteiger partial charge on any atom is 0.332 e. The minimum absolute atomic E-state index is 0.0000648. The van der Waals surface area contributed by atoms with Gasteiger partial charge < -0.3 is 24.4 Å². The molecule has 0 radical (unpaired) electrons. The fourth-order valence-electron chi connectivity index (χ4n) is 3.64. The first kappa shape index (κ1) is 17.7. The van der Waals surface area contributed by atoms with E-state index >= 15 is 0 Å². The topological polar surface area (TPSA) is 79.3 Å². The van der Waals surface area contributed by atoms with E-state index < -0.39 is 11.5 Å². The average molecular weight is 348 g/mol. The molecule has 1 atom stereocenters. The number of rotatable bonds is 5. The van der Waals surface area contributed by atoms with Gasteiger partial charge in [0.1, 0.15) is 0 Å².